The van der Waals surface area contributed by atoms with Gasteiger partial charge in [0.1, 0.15) is 0 Å². The third-order valence-corrected chi connectivity index (χ3v) is 4.34. The molecule has 0 aromatic heterocycles. The maximum atomic E-state index is 12.3. The van der Waals surface area contributed by atoms with Crippen molar-refractivity contribution in [2.45, 2.75) is 51.6 Å². The van der Waals surface area contributed by atoms with E-state index in [1.54, 1.807) is 0 Å². The molecule has 0 unspecified atom stereocenters. The summed E-state index contributed by atoms with van der Waals surface area (Å²) in [6.45, 7) is 4.74. The van der Waals surface area contributed by atoms with Crippen LogP contribution in [0.5, 0.6) is 0 Å². The third kappa shape index (κ3) is 4.10. The number of methoxy groups -OCH3 is 1. The lowest BCUT2D eigenvalue weighted by Crippen LogP contribution is -2.45. The summed E-state index contributed by atoms with van der Waals surface area (Å²) in [4.78, 5) is 25.4. The molecule has 1 aromatic rings. The van der Waals surface area contributed by atoms with Gasteiger partial charge in [-0.3, -0.25) is 9.59 Å². The Labute approximate surface area is 138 Å². The van der Waals surface area contributed by atoms with Gasteiger partial charge < -0.3 is 15.0 Å². The second kappa shape index (κ2) is 8.11. The zero-order valence-corrected chi connectivity index (χ0v) is 14.2. The van der Waals surface area contributed by atoms with Crippen LogP contribution in [0.2, 0.25) is 0 Å². The number of amides is 1. The minimum Gasteiger partial charge on any atom is -0.469 e. The number of hydrogen-bond donors (Lipinski definition) is 1. The number of carbonyl (C=O) groups excluding carboxylic acids is 2. The molecular weight excluding hydrogens is 292 g/mol. The number of nitrogens with one attached hydrogen (secondary N) is 1. The van der Waals surface area contributed by atoms with E-state index in [4.69, 9.17) is 0 Å². The Morgan fingerprint density at radius 2 is 2.09 bits per heavy atom. The summed E-state index contributed by atoms with van der Waals surface area (Å²) in [5.41, 5.74) is 2.16. The van der Waals surface area contributed by atoms with E-state index in [9.17, 15) is 9.59 Å². The molecule has 126 valence electrons. The number of para-hydroxylation sites is 1. The summed E-state index contributed by atoms with van der Waals surface area (Å²) < 4.78 is 4.66. The zero-order valence-electron chi connectivity index (χ0n) is 14.2. The van der Waals surface area contributed by atoms with Crippen molar-refractivity contribution in [3.63, 3.8) is 0 Å². The Morgan fingerprint density at radius 1 is 1.35 bits per heavy atom. The van der Waals surface area contributed by atoms with Gasteiger partial charge in [-0.15, -0.1) is 0 Å². The first-order valence-corrected chi connectivity index (χ1v) is 8.29. The van der Waals surface area contributed by atoms with E-state index in [1.165, 1.54) is 7.11 Å². The molecule has 1 aliphatic heterocycles. The van der Waals surface area contributed by atoms with E-state index < -0.39 is 0 Å². The summed E-state index contributed by atoms with van der Waals surface area (Å²) in [6, 6.07) is 8.44. The number of benzene rings is 1. The van der Waals surface area contributed by atoms with Crippen LogP contribution in [0.3, 0.4) is 0 Å². The number of carbonyl (C=O) groups is 2. The van der Waals surface area contributed by atoms with Gasteiger partial charge in [0, 0.05) is 30.6 Å². The van der Waals surface area contributed by atoms with Gasteiger partial charge in [-0.1, -0.05) is 25.1 Å². The maximum absolute atomic E-state index is 12.3. The average molecular weight is 318 g/mol. The Morgan fingerprint density at radius 3 is 2.78 bits per heavy atom. The molecular formula is C18H26N2O3. The lowest BCUT2D eigenvalue weighted by Gasteiger charge is -2.39. The van der Waals surface area contributed by atoms with Gasteiger partial charge >= 0.3 is 5.97 Å². The second-order valence-electron chi connectivity index (χ2n) is 5.95. The first-order valence-electron chi connectivity index (χ1n) is 8.29. The molecule has 0 fully saturated rings. The lowest BCUT2D eigenvalue weighted by molar-refractivity contribution is -0.140. The molecule has 5 heteroatoms. The predicted molar refractivity (Wildman–Crippen MR) is 90.3 cm³/mol. The van der Waals surface area contributed by atoms with Crippen LogP contribution in [0.4, 0.5) is 5.69 Å². The van der Waals surface area contributed by atoms with Crippen molar-refractivity contribution in [2.24, 2.45) is 0 Å². The number of esters is 1. The third-order valence-electron chi connectivity index (χ3n) is 4.34. The van der Waals surface area contributed by atoms with Gasteiger partial charge in [0.25, 0.3) is 0 Å². The fourth-order valence-electron chi connectivity index (χ4n) is 3.17. The highest BCUT2D eigenvalue weighted by molar-refractivity contribution is 5.95. The van der Waals surface area contributed by atoms with Crippen molar-refractivity contribution in [1.29, 1.82) is 0 Å². The molecule has 0 saturated heterocycles. The molecule has 1 heterocycles. The van der Waals surface area contributed by atoms with Gasteiger partial charge in [-0.25, -0.2) is 0 Å². The Hall–Kier alpha value is -1.88. The molecule has 2 atom stereocenters. The summed E-state index contributed by atoms with van der Waals surface area (Å²) >= 11 is 0. The fourth-order valence-corrected chi connectivity index (χ4v) is 3.17. The van der Waals surface area contributed by atoms with Crippen LogP contribution in [-0.4, -0.2) is 31.6 Å². The van der Waals surface area contributed by atoms with Crippen molar-refractivity contribution in [1.82, 2.24) is 5.32 Å². The quantitative estimate of drug-likeness (QED) is 0.647. The van der Waals surface area contributed by atoms with Crippen LogP contribution in [0.15, 0.2) is 24.3 Å². The number of hydrogen-bond acceptors (Lipinski definition) is 4. The second-order valence-corrected chi connectivity index (χ2v) is 5.95. The predicted octanol–water partition coefficient (Wildman–Crippen LogP) is 2.81. The van der Waals surface area contributed by atoms with Crippen LogP contribution >= 0.6 is 0 Å². The highest BCUT2D eigenvalue weighted by atomic mass is 16.5. The molecule has 1 N–H and O–H groups in total. The number of rotatable bonds is 6. The molecule has 23 heavy (non-hydrogen) atoms. The molecule has 0 spiro atoms. The van der Waals surface area contributed by atoms with Crippen LogP contribution < -0.4 is 10.2 Å². The van der Waals surface area contributed by atoms with E-state index >= 15 is 0 Å². The molecule has 0 aliphatic carbocycles. The SMILES string of the molecule is CCC(=O)N1c2ccccc2[C@H](NCCCC(=O)OC)C[C@@H]1C. The number of ether oxygens (including phenoxy) is 1. The smallest absolute Gasteiger partial charge is 0.305 e. The highest BCUT2D eigenvalue weighted by Gasteiger charge is 2.32. The first kappa shape index (κ1) is 17.5. The summed E-state index contributed by atoms with van der Waals surface area (Å²) in [5, 5.41) is 3.52. The van der Waals surface area contributed by atoms with Crippen LogP contribution in [0.25, 0.3) is 0 Å². The summed E-state index contributed by atoms with van der Waals surface area (Å²) in [5.74, 6) is -0.0157. The molecule has 0 radical (unpaired) electrons. The number of anilines is 1. The van der Waals surface area contributed by atoms with Gasteiger partial charge in [0.05, 0.1) is 7.11 Å². The van der Waals surface area contributed by atoms with Gasteiger partial charge in [-0.2, -0.15) is 0 Å². The molecule has 1 aliphatic rings. The fraction of sp³-hybridized carbons (Fsp3) is 0.556. The molecule has 0 saturated carbocycles. The van der Waals surface area contributed by atoms with Crippen LogP contribution in [0, 0.1) is 0 Å². The standard InChI is InChI=1S/C18H26N2O3/c1-4-17(21)20-13(2)12-15(14-8-5-6-9-16(14)20)19-11-7-10-18(22)23-3/h5-6,8-9,13,15,19H,4,7,10-12H2,1-3H3/t13-,15+/m0/s1. The number of fused-ring (bicyclic) bond motifs is 1. The van der Waals surface area contributed by atoms with Crippen molar-refractivity contribution in [2.75, 3.05) is 18.6 Å². The van der Waals surface area contributed by atoms with E-state index in [0.29, 0.717) is 12.8 Å². The van der Waals surface area contributed by atoms with Gasteiger partial charge in [0.15, 0.2) is 0 Å². The molecule has 2 rings (SSSR count). The Bertz CT molecular complexity index is 559. The molecule has 1 amide bonds. The lowest BCUT2D eigenvalue weighted by atomic mass is 9.91. The Balaban J connectivity index is 2.07. The summed E-state index contributed by atoms with van der Waals surface area (Å²) in [7, 11) is 1.41. The van der Waals surface area contributed by atoms with Gasteiger partial charge in [-0.05, 0) is 37.9 Å². The Kier molecular flexibility index (Phi) is 6.16. The average Bonchev–Trinajstić information content (AvgIpc) is 2.57. The first-order chi connectivity index (χ1) is 11.1. The largest absolute Gasteiger partial charge is 0.469 e. The normalized spacial score (nSPS) is 20.0. The van der Waals surface area contributed by atoms with E-state index in [1.807, 2.05) is 30.0 Å². The van der Waals surface area contributed by atoms with E-state index in [2.05, 4.69) is 23.0 Å². The maximum Gasteiger partial charge on any atom is 0.305 e. The van der Waals surface area contributed by atoms with Crippen molar-refractivity contribution in [3.8, 4) is 0 Å². The topological polar surface area (TPSA) is 58.6 Å². The summed E-state index contributed by atoms with van der Waals surface area (Å²) in [6.07, 6.45) is 2.56. The zero-order chi connectivity index (χ0) is 16.8. The van der Waals surface area contributed by atoms with Crippen molar-refractivity contribution >= 4 is 17.6 Å². The van der Waals surface area contributed by atoms with Crippen molar-refractivity contribution < 1.29 is 14.3 Å². The molecule has 0 bridgehead atoms. The minimum absolute atomic E-state index is 0.161. The number of nitrogens with zero attached hydrogens (tertiary/aromatic N) is 1. The van der Waals surface area contributed by atoms with E-state index in [-0.39, 0.29) is 24.0 Å². The monoisotopic (exact) mass is 318 g/mol. The van der Waals surface area contributed by atoms with Crippen molar-refractivity contribution in [3.05, 3.63) is 29.8 Å². The molecule has 1 aromatic carbocycles. The van der Waals surface area contributed by atoms with Gasteiger partial charge in [0.2, 0.25) is 5.91 Å². The van der Waals surface area contributed by atoms with E-state index in [0.717, 1.165) is 30.6 Å². The van der Waals surface area contributed by atoms with Crippen LogP contribution in [-0.2, 0) is 14.3 Å². The minimum atomic E-state index is -0.177. The van der Waals surface area contributed by atoms with Crippen LogP contribution in [0.1, 0.15) is 51.1 Å². The molecule has 5 nitrogen and oxygen atoms in total. The highest BCUT2D eigenvalue weighted by Crippen LogP contribution is 2.37.